The number of carbonyl (C=O) groups is 1. The molecule has 0 aliphatic carbocycles. The second-order valence-electron chi connectivity index (χ2n) is 4.88. The number of nitrogens with one attached hydrogen (secondary N) is 2. The number of hydrogen-bond acceptors (Lipinski definition) is 4. The Kier molecular flexibility index (Phi) is 5.88. The minimum absolute atomic E-state index is 0.0253. The summed E-state index contributed by atoms with van der Waals surface area (Å²) >= 11 is 0. The molecule has 1 aromatic carbocycles. The quantitative estimate of drug-likeness (QED) is 0.823. The topological polar surface area (TPSA) is 99.1 Å². The van der Waals surface area contributed by atoms with Crippen molar-refractivity contribution in [1.82, 2.24) is 10.0 Å². The van der Waals surface area contributed by atoms with Crippen LogP contribution in [0.4, 0.5) is 0 Å². The van der Waals surface area contributed by atoms with Gasteiger partial charge in [0.05, 0.1) is 16.5 Å². The molecule has 0 radical (unpaired) electrons. The van der Waals surface area contributed by atoms with E-state index in [0.29, 0.717) is 12.0 Å². The Labute approximate surface area is 125 Å². The summed E-state index contributed by atoms with van der Waals surface area (Å²) in [6.07, 6.45) is 0.341. The van der Waals surface area contributed by atoms with Gasteiger partial charge < -0.3 is 5.32 Å². The van der Waals surface area contributed by atoms with Crippen molar-refractivity contribution in [2.45, 2.75) is 44.2 Å². The van der Waals surface area contributed by atoms with Crippen molar-refractivity contribution in [3.8, 4) is 6.07 Å². The summed E-state index contributed by atoms with van der Waals surface area (Å²) in [6.45, 7) is 5.34. The Morgan fingerprint density at radius 3 is 2.29 bits per heavy atom. The molecule has 0 saturated carbocycles. The second kappa shape index (κ2) is 7.20. The van der Waals surface area contributed by atoms with Gasteiger partial charge in [-0.1, -0.05) is 6.92 Å². The molecule has 0 unspecified atom stereocenters. The first-order valence-electron chi connectivity index (χ1n) is 6.63. The van der Waals surface area contributed by atoms with Crippen LogP contribution in [-0.4, -0.2) is 26.4 Å². The van der Waals surface area contributed by atoms with Gasteiger partial charge in [0, 0.05) is 6.04 Å². The molecule has 0 aromatic heterocycles. The van der Waals surface area contributed by atoms with Crippen LogP contribution in [-0.2, 0) is 14.8 Å². The van der Waals surface area contributed by atoms with Crippen LogP contribution in [0.15, 0.2) is 29.2 Å². The molecule has 1 atom stereocenters. The molecule has 6 nitrogen and oxygen atoms in total. The van der Waals surface area contributed by atoms with Crippen LogP contribution in [0.3, 0.4) is 0 Å². The van der Waals surface area contributed by atoms with Crippen molar-refractivity contribution in [3.05, 3.63) is 29.8 Å². The van der Waals surface area contributed by atoms with E-state index in [1.165, 1.54) is 24.3 Å². The Bertz CT molecular complexity index is 630. The lowest BCUT2D eigenvalue weighted by Crippen LogP contribution is -2.48. The summed E-state index contributed by atoms with van der Waals surface area (Å²) in [4.78, 5) is 11.9. The molecule has 0 fully saturated rings. The summed E-state index contributed by atoms with van der Waals surface area (Å²) in [5.41, 5.74) is 0.374. The van der Waals surface area contributed by atoms with Crippen molar-refractivity contribution < 1.29 is 13.2 Å². The minimum atomic E-state index is -3.80. The molecule has 0 saturated heterocycles. The zero-order chi connectivity index (χ0) is 16.0. The Morgan fingerprint density at radius 1 is 1.29 bits per heavy atom. The zero-order valence-corrected chi connectivity index (χ0v) is 13.1. The lowest BCUT2D eigenvalue weighted by Gasteiger charge is -2.18. The molecule has 114 valence electrons. The number of carbonyl (C=O) groups excluding carboxylic acids is 1. The smallest absolute Gasteiger partial charge is 0.241 e. The summed E-state index contributed by atoms with van der Waals surface area (Å²) in [5, 5.41) is 11.4. The summed E-state index contributed by atoms with van der Waals surface area (Å²) in [6, 6.07) is 6.55. The van der Waals surface area contributed by atoms with Gasteiger partial charge in [0.25, 0.3) is 0 Å². The van der Waals surface area contributed by atoms with E-state index in [-0.39, 0.29) is 16.8 Å². The van der Waals surface area contributed by atoms with Gasteiger partial charge in [-0.05, 0) is 44.5 Å². The molecule has 7 heteroatoms. The first-order valence-corrected chi connectivity index (χ1v) is 8.11. The average molecular weight is 309 g/mol. The zero-order valence-electron chi connectivity index (χ0n) is 12.3. The third-order valence-corrected chi connectivity index (χ3v) is 4.23. The Morgan fingerprint density at radius 2 is 1.86 bits per heavy atom. The van der Waals surface area contributed by atoms with Gasteiger partial charge in [-0.15, -0.1) is 0 Å². The van der Waals surface area contributed by atoms with Crippen LogP contribution in [0.2, 0.25) is 0 Å². The van der Waals surface area contributed by atoms with Gasteiger partial charge in [0.15, 0.2) is 0 Å². The van der Waals surface area contributed by atoms with Gasteiger partial charge in [-0.2, -0.15) is 9.98 Å². The van der Waals surface area contributed by atoms with Gasteiger partial charge in [0.2, 0.25) is 15.9 Å². The van der Waals surface area contributed by atoms with Crippen LogP contribution in [0, 0.1) is 11.3 Å². The van der Waals surface area contributed by atoms with Crippen LogP contribution in [0.5, 0.6) is 0 Å². The van der Waals surface area contributed by atoms with Gasteiger partial charge in [-0.3, -0.25) is 4.79 Å². The molecule has 0 aliphatic heterocycles. The van der Waals surface area contributed by atoms with E-state index in [1.54, 1.807) is 20.8 Å². The maximum absolute atomic E-state index is 12.2. The maximum Gasteiger partial charge on any atom is 0.241 e. The molecule has 1 aromatic rings. The summed E-state index contributed by atoms with van der Waals surface area (Å²) in [5.74, 6) is -0.357. The van der Waals surface area contributed by atoms with Crippen LogP contribution < -0.4 is 10.0 Å². The molecular weight excluding hydrogens is 290 g/mol. The predicted octanol–water partition coefficient (Wildman–Crippen LogP) is 1.14. The van der Waals surface area contributed by atoms with E-state index in [9.17, 15) is 13.2 Å². The predicted molar refractivity (Wildman–Crippen MR) is 78.8 cm³/mol. The average Bonchev–Trinajstić information content (AvgIpc) is 2.44. The molecule has 21 heavy (non-hydrogen) atoms. The standard InChI is InChI=1S/C14H19N3O3S/c1-4-13(14(18)16-10(2)3)17-21(19,20)12-7-5-11(9-15)6-8-12/h5-8,10,13,17H,4H2,1-3H3,(H,16,18)/t13-/m0/s1. The molecular formula is C14H19N3O3S. The number of nitrogens with zero attached hydrogens (tertiary/aromatic N) is 1. The Hall–Kier alpha value is -1.91. The highest BCUT2D eigenvalue weighted by molar-refractivity contribution is 7.89. The molecule has 0 aliphatic rings. The minimum Gasteiger partial charge on any atom is -0.353 e. The summed E-state index contributed by atoms with van der Waals surface area (Å²) < 4.78 is 26.8. The number of nitriles is 1. The normalized spacial score (nSPS) is 12.7. The molecule has 2 N–H and O–H groups in total. The Balaban J connectivity index is 2.91. The third-order valence-electron chi connectivity index (χ3n) is 2.75. The van der Waals surface area contributed by atoms with Crippen LogP contribution in [0.1, 0.15) is 32.8 Å². The molecule has 1 rings (SSSR count). The molecule has 0 heterocycles. The number of sulfonamides is 1. The van der Waals surface area contributed by atoms with Crippen molar-refractivity contribution in [2.75, 3.05) is 0 Å². The van der Waals surface area contributed by atoms with Crippen molar-refractivity contribution >= 4 is 15.9 Å². The SMILES string of the molecule is CC[C@H](NS(=O)(=O)c1ccc(C#N)cc1)C(=O)NC(C)C. The lowest BCUT2D eigenvalue weighted by molar-refractivity contribution is -0.123. The molecule has 0 spiro atoms. The van der Waals surface area contributed by atoms with E-state index >= 15 is 0 Å². The van der Waals surface area contributed by atoms with E-state index in [2.05, 4.69) is 10.0 Å². The fourth-order valence-electron chi connectivity index (χ4n) is 1.67. The van der Waals surface area contributed by atoms with Crippen molar-refractivity contribution in [2.24, 2.45) is 0 Å². The van der Waals surface area contributed by atoms with Crippen LogP contribution >= 0.6 is 0 Å². The summed E-state index contributed by atoms with van der Waals surface area (Å²) in [7, 11) is -3.80. The van der Waals surface area contributed by atoms with Gasteiger partial charge >= 0.3 is 0 Å². The number of hydrogen-bond donors (Lipinski definition) is 2. The second-order valence-corrected chi connectivity index (χ2v) is 6.60. The number of amides is 1. The fraction of sp³-hybridized carbons (Fsp3) is 0.429. The first-order chi connectivity index (χ1) is 9.80. The van der Waals surface area contributed by atoms with Crippen molar-refractivity contribution in [1.29, 1.82) is 5.26 Å². The monoisotopic (exact) mass is 309 g/mol. The van der Waals surface area contributed by atoms with Crippen LogP contribution in [0.25, 0.3) is 0 Å². The largest absolute Gasteiger partial charge is 0.353 e. The number of rotatable bonds is 6. The maximum atomic E-state index is 12.2. The third kappa shape index (κ3) is 4.85. The fourth-order valence-corrected chi connectivity index (χ4v) is 2.95. The lowest BCUT2D eigenvalue weighted by atomic mass is 10.2. The van der Waals surface area contributed by atoms with Crippen molar-refractivity contribution in [3.63, 3.8) is 0 Å². The highest BCUT2D eigenvalue weighted by Gasteiger charge is 2.24. The van der Waals surface area contributed by atoms with E-state index in [4.69, 9.17) is 5.26 Å². The van der Waals surface area contributed by atoms with E-state index in [1.807, 2.05) is 6.07 Å². The molecule has 0 bridgehead atoms. The molecule has 1 amide bonds. The van der Waals surface area contributed by atoms with E-state index < -0.39 is 16.1 Å². The highest BCUT2D eigenvalue weighted by Crippen LogP contribution is 2.11. The van der Waals surface area contributed by atoms with Gasteiger partial charge in [0.1, 0.15) is 6.04 Å². The number of benzene rings is 1. The van der Waals surface area contributed by atoms with Gasteiger partial charge in [-0.25, -0.2) is 8.42 Å². The van der Waals surface area contributed by atoms with E-state index in [0.717, 1.165) is 0 Å². The highest BCUT2D eigenvalue weighted by atomic mass is 32.2. The first kappa shape index (κ1) is 17.1.